The van der Waals surface area contributed by atoms with Crippen molar-refractivity contribution < 1.29 is 14.6 Å². The fraction of sp³-hybridized carbons (Fsp3) is 0.588. The Kier molecular flexibility index (Phi) is 5.62. The highest BCUT2D eigenvalue weighted by Gasteiger charge is 2.21. The second kappa shape index (κ2) is 7.46. The van der Waals surface area contributed by atoms with E-state index in [0.29, 0.717) is 6.61 Å². The van der Waals surface area contributed by atoms with E-state index in [2.05, 4.69) is 18.7 Å². The minimum absolute atomic E-state index is 0.0594. The molecule has 1 fully saturated rings. The average Bonchev–Trinajstić information content (AvgIpc) is 2.39. The first kappa shape index (κ1) is 15.8. The standard InChI is InChI=1S/C17H25NO3/c1-13-9-14(2)12-18(11-13)7-8-21-16-5-3-15(4-6-16)10-17(19)20/h3-6,13-14H,7-12H2,1-2H3,(H,19,20). The minimum atomic E-state index is -0.808. The first-order chi connectivity index (χ1) is 10.0. The van der Waals surface area contributed by atoms with Crippen molar-refractivity contribution in [2.24, 2.45) is 11.8 Å². The number of carboxylic acid groups (broad SMARTS) is 1. The summed E-state index contributed by atoms with van der Waals surface area (Å²) in [5.41, 5.74) is 0.800. The van der Waals surface area contributed by atoms with E-state index < -0.39 is 5.97 Å². The molecule has 0 spiro atoms. The second-order valence-corrected chi connectivity index (χ2v) is 6.27. The Morgan fingerprint density at radius 2 is 1.86 bits per heavy atom. The molecule has 1 aliphatic rings. The molecule has 1 aromatic carbocycles. The van der Waals surface area contributed by atoms with Crippen LogP contribution in [0.3, 0.4) is 0 Å². The predicted molar refractivity (Wildman–Crippen MR) is 82.7 cm³/mol. The van der Waals surface area contributed by atoms with Crippen molar-refractivity contribution in [3.63, 3.8) is 0 Å². The highest BCUT2D eigenvalue weighted by molar-refractivity contribution is 5.70. The van der Waals surface area contributed by atoms with Crippen LogP contribution in [0.5, 0.6) is 5.75 Å². The zero-order valence-corrected chi connectivity index (χ0v) is 12.9. The van der Waals surface area contributed by atoms with E-state index in [0.717, 1.165) is 42.8 Å². The van der Waals surface area contributed by atoms with Crippen LogP contribution < -0.4 is 4.74 Å². The molecule has 1 heterocycles. The van der Waals surface area contributed by atoms with Crippen molar-refractivity contribution in [3.8, 4) is 5.75 Å². The van der Waals surface area contributed by atoms with E-state index in [4.69, 9.17) is 9.84 Å². The molecular weight excluding hydrogens is 266 g/mol. The Morgan fingerprint density at radius 1 is 1.24 bits per heavy atom. The zero-order chi connectivity index (χ0) is 15.2. The number of hydrogen-bond donors (Lipinski definition) is 1. The fourth-order valence-electron chi connectivity index (χ4n) is 3.15. The van der Waals surface area contributed by atoms with Gasteiger partial charge in [0, 0.05) is 19.6 Å². The smallest absolute Gasteiger partial charge is 0.307 e. The highest BCUT2D eigenvalue weighted by atomic mass is 16.5. The van der Waals surface area contributed by atoms with Crippen LogP contribution in [0, 0.1) is 11.8 Å². The summed E-state index contributed by atoms with van der Waals surface area (Å²) in [6.45, 7) is 8.56. The first-order valence-electron chi connectivity index (χ1n) is 7.69. The van der Waals surface area contributed by atoms with Gasteiger partial charge in [-0.3, -0.25) is 9.69 Å². The summed E-state index contributed by atoms with van der Waals surface area (Å²) in [5, 5.41) is 8.73. The Morgan fingerprint density at radius 3 is 2.43 bits per heavy atom. The number of hydrogen-bond acceptors (Lipinski definition) is 3. The molecular formula is C17H25NO3. The van der Waals surface area contributed by atoms with Crippen LogP contribution in [0.15, 0.2) is 24.3 Å². The maximum absolute atomic E-state index is 10.6. The predicted octanol–water partition coefficient (Wildman–Crippen LogP) is 2.67. The lowest BCUT2D eigenvalue weighted by Crippen LogP contribution is -2.40. The van der Waals surface area contributed by atoms with Gasteiger partial charge in [0.1, 0.15) is 12.4 Å². The van der Waals surface area contributed by atoms with Crippen molar-refractivity contribution in [2.75, 3.05) is 26.2 Å². The van der Waals surface area contributed by atoms with Crippen LogP contribution in [0.2, 0.25) is 0 Å². The van der Waals surface area contributed by atoms with Gasteiger partial charge in [0.15, 0.2) is 0 Å². The molecule has 1 aromatic rings. The maximum Gasteiger partial charge on any atom is 0.307 e. The Balaban J connectivity index is 1.74. The summed E-state index contributed by atoms with van der Waals surface area (Å²) in [5.74, 6) is 1.53. The number of benzene rings is 1. The number of carboxylic acids is 1. The van der Waals surface area contributed by atoms with Crippen molar-refractivity contribution in [3.05, 3.63) is 29.8 Å². The van der Waals surface area contributed by atoms with Gasteiger partial charge in [-0.15, -0.1) is 0 Å². The van der Waals surface area contributed by atoms with E-state index in [1.165, 1.54) is 6.42 Å². The number of aliphatic carboxylic acids is 1. The summed E-state index contributed by atoms with van der Waals surface area (Å²) in [7, 11) is 0. The number of likely N-dealkylation sites (tertiary alicyclic amines) is 1. The number of piperidine rings is 1. The summed E-state index contributed by atoms with van der Waals surface area (Å²) >= 11 is 0. The largest absolute Gasteiger partial charge is 0.492 e. The van der Waals surface area contributed by atoms with Gasteiger partial charge in [0.25, 0.3) is 0 Å². The van der Waals surface area contributed by atoms with Gasteiger partial charge in [-0.25, -0.2) is 0 Å². The lowest BCUT2D eigenvalue weighted by Gasteiger charge is -2.34. The average molecular weight is 291 g/mol. The second-order valence-electron chi connectivity index (χ2n) is 6.27. The van der Waals surface area contributed by atoms with Gasteiger partial charge in [-0.1, -0.05) is 26.0 Å². The molecule has 4 nitrogen and oxygen atoms in total. The summed E-state index contributed by atoms with van der Waals surface area (Å²) in [4.78, 5) is 13.1. The lowest BCUT2D eigenvalue weighted by molar-refractivity contribution is -0.136. The van der Waals surface area contributed by atoms with Crippen LogP contribution in [0.1, 0.15) is 25.8 Å². The van der Waals surface area contributed by atoms with Gasteiger partial charge in [-0.2, -0.15) is 0 Å². The molecule has 1 aliphatic heterocycles. The van der Waals surface area contributed by atoms with E-state index in [9.17, 15) is 4.79 Å². The summed E-state index contributed by atoms with van der Waals surface area (Å²) < 4.78 is 5.75. The van der Waals surface area contributed by atoms with Gasteiger partial charge in [0.2, 0.25) is 0 Å². The first-order valence-corrected chi connectivity index (χ1v) is 7.69. The van der Waals surface area contributed by atoms with Gasteiger partial charge >= 0.3 is 5.97 Å². The van der Waals surface area contributed by atoms with Gasteiger partial charge < -0.3 is 9.84 Å². The Bertz CT molecular complexity index is 448. The maximum atomic E-state index is 10.6. The molecule has 1 N–H and O–H groups in total. The van der Waals surface area contributed by atoms with Crippen LogP contribution in [0.25, 0.3) is 0 Å². The van der Waals surface area contributed by atoms with E-state index in [-0.39, 0.29) is 6.42 Å². The molecule has 0 radical (unpaired) electrons. The van der Waals surface area contributed by atoms with Crippen LogP contribution in [0.4, 0.5) is 0 Å². The topological polar surface area (TPSA) is 49.8 Å². The molecule has 2 rings (SSSR count). The Labute approximate surface area is 126 Å². The van der Waals surface area contributed by atoms with Crippen LogP contribution >= 0.6 is 0 Å². The van der Waals surface area contributed by atoms with Crippen molar-refractivity contribution >= 4 is 5.97 Å². The number of carbonyl (C=O) groups is 1. The monoisotopic (exact) mass is 291 g/mol. The fourth-order valence-corrected chi connectivity index (χ4v) is 3.15. The molecule has 0 bridgehead atoms. The summed E-state index contributed by atoms with van der Waals surface area (Å²) in [6, 6.07) is 7.32. The molecule has 1 saturated heterocycles. The third-order valence-electron chi connectivity index (χ3n) is 3.90. The van der Waals surface area contributed by atoms with Crippen molar-refractivity contribution in [2.45, 2.75) is 26.7 Å². The molecule has 21 heavy (non-hydrogen) atoms. The number of ether oxygens (including phenoxy) is 1. The molecule has 4 heteroatoms. The summed E-state index contributed by atoms with van der Waals surface area (Å²) in [6.07, 6.45) is 1.38. The van der Waals surface area contributed by atoms with Crippen LogP contribution in [-0.2, 0) is 11.2 Å². The number of rotatable bonds is 6. The van der Waals surface area contributed by atoms with Crippen molar-refractivity contribution in [1.82, 2.24) is 4.90 Å². The zero-order valence-electron chi connectivity index (χ0n) is 12.9. The molecule has 0 saturated carbocycles. The molecule has 0 aliphatic carbocycles. The highest BCUT2D eigenvalue weighted by Crippen LogP contribution is 2.20. The quantitative estimate of drug-likeness (QED) is 0.875. The third-order valence-corrected chi connectivity index (χ3v) is 3.90. The Hall–Kier alpha value is -1.55. The molecule has 2 unspecified atom stereocenters. The normalized spacial score (nSPS) is 23.0. The lowest BCUT2D eigenvalue weighted by atomic mass is 9.92. The molecule has 2 atom stereocenters. The molecule has 0 aromatic heterocycles. The molecule has 116 valence electrons. The molecule has 0 amide bonds. The van der Waals surface area contributed by atoms with Gasteiger partial charge in [-0.05, 0) is 36.0 Å². The van der Waals surface area contributed by atoms with Gasteiger partial charge in [0.05, 0.1) is 6.42 Å². The van der Waals surface area contributed by atoms with E-state index in [1.807, 2.05) is 24.3 Å². The van der Waals surface area contributed by atoms with Crippen LogP contribution in [-0.4, -0.2) is 42.2 Å². The SMILES string of the molecule is CC1CC(C)CN(CCOc2ccc(CC(=O)O)cc2)C1. The third kappa shape index (κ3) is 5.38. The van der Waals surface area contributed by atoms with Crippen molar-refractivity contribution in [1.29, 1.82) is 0 Å². The van der Waals surface area contributed by atoms with E-state index in [1.54, 1.807) is 0 Å². The minimum Gasteiger partial charge on any atom is -0.492 e. The number of nitrogens with zero attached hydrogens (tertiary/aromatic N) is 1. The van der Waals surface area contributed by atoms with E-state index >= 15 is 0 Å².